The minimum Gasteiger partial charge on any atom is -0.393 e. The van der Waals surface area contributed by atoms with Gasteiger partial charge in [-0.3, -0.25) is 0 Å². The summed E-state index contributed by atoms with van der Waals surface area (Å²) in [5, 5.41) is 9.09. The van der Waals surface area contributed by atoms with E-state index in [9.17, 15) is 0 Å². The molecule has 1 atom stereocenters. The Bertz CT molecular complexity index is 253. The van der Waals surface area contributed by atoms with Crippen LogP contribution in [0.1, 0.15) is 24.4 Å². The van der Waals surface area contributed by atoms with Crippen LogP contribution in [0.2, 0.25) is 0 Å². The Balaban J connectivity index is 2.85. The third-order valence-corrected chi connectivity index (χ3v) is 1.38. The van der Waals surface area contributed by atoms with Crippen molar-refractivity contribution in [1.29, 1.82) is 0 Å². The largest absolute Gasteiger partial charge is 0.393 e. The van der Waals surface area contributed by atoms with E-state index in [0.29, 0.717) is 23.9 Å². The second-order valence-corrected chi connectivity index (χ2v) is 2.90. The van der Waals surface area contributed by atoms with Crippen molar-refractivity contribution >= 4 is 0 Å². The Hall–Kier alpha value is -1.03. The van der Waals surface area contributed by atoms with Crippen LogP contribution < -0.4 is 0 Å². The zero-order valence-corrected chi connectivity index (χ0v) is 7.57. The van der Waals surface area contributed by atoms with Gasteiger partial charge in [0.2, 0.25) is 0 Å². The molecule has 4 nitrogen and oxygen atoms in total. The van der Waals surface area contributed by atoms with Gasteiger partial charge in [-0.2, -0.15) is 0 Å². The first-order chi connectivity index (χ1) is 5.58. The Labute approximate surface area is 71.7 Å². The summed E-state index contributed by atoms with van der Waals surface area (Å²) in [6.45, 7) is 5.36. The Kier molecular flexibility index (Phi) is 2.70. The van der Waals surface area contributed by atoms with Gasteiger partial charge in [0.15, 0.2) is 0 Å². The van der Waals surface area contributed by atoms with Crippen LogP contribution >= 0.6 is 0 Å². The molecule has 0 fully saturated rings. The van der Waals surface area contributed by atoms with E-state index in [1.807, 2.05) is 13.8 Å². The maximum Gasteiger partial charge on any atom is 0.135 e. The van der Waals surface area contributed by atoms with Gasteiger partial charge in [0.25, 0.3) is 0 Å². The van der Waals surface area contributed by atoms with Crippen molar-refractivity contribution < 1.29 is 5.11 Å². The molecule has 1 heterocycles. The fourth-order valence-electron chi connectivity index (χ4n) is 1.04. The normalized spacial score (nSPS) is 13.0. The molecule has 0 spiro atoms. The van der Waals surface area contributed by atoms with E-state index in [0.717, 1.165) is 0 Å². The summed E-state index contributed by atoms with van der Waals surface area (Å²) in [6, 6.07) is 0. The summed E-state index contributed by atoms with van der Waals surface area (Å²) in [5.41, 5.74) is 0. The molecule has 12 heavy (non-hydrogen) atoms. The fraction of sp³-hybridized carbons (Fsp3) is 0.625. The minimum atomic E-state index is -0.397. The number of hydrogen-bond donors (Lipinski definition) is 1. The van der Waals surface area contributed by atoms with E-state index < -0.39 is 6.10 Å². The highest BCUT2D eigenvalue weighted by molar-refractivity contribution is 4.95. The molecule has 0 bridgehead atoms. The standard InChI is InChI=1S/C8H13N3O/c1-5(12)4-8-10-6(2)9-7(3)11-8/h5,12H,4H2,1-3H3. The number of aryl methyl sites for hydroxylation is 2. The lowest BCUT2D eigenvalue weighted by Crippen LogP contribution is -2.10. The van der Waals surface area contributed by atoms with Crippen LogP contribution in [0.3, 0.4) is 0 Å². The van der Waals surface area contributed by atoms with E-state index in [1.54, 1.807) is 6.92 Å². The van der Waals surface area contributed by atoms with Crippen LogP contribution in [0.4, 0.5) is 0 Å². The molecule has 0 saturated heterocycles. The zero-order valence-electron chi connectivity index (χ0n) is 7.57. The van der Waals surface area contributed by atoms with Gasteiger partial charge in [0.1, 0.15) is 17.5 Å². The summed E-state index contributed by atoms with van der Waals surface area (Å²) in [5.74, 6) is 2.08. The van der Waals surface area contributed by atoms with Crippen molar-refractivity contribution in [3.05, 3.63) is 17.5 Å². The molecule has 0 radical (unpaired) electrons. The Morgan fingerprint density at radius 3 is 2.08 bits per heavy atom. The average molecular weight is 167 g/mol. The number of rotatable bonds is 2. The van der Waals surface area contributed by atoms with Gasteiger partial charge in [-0.1, -0.05) is 0 Å². The number of hydrogen-bond acceptors (Lipinski definition) is 4. The van der Waals surface area contributed by atoms with Gasteiger partial charge < -0.3 is 5.11 Å². The molecule has 4 heteroatoms. The molecule has 1 aromatic rings. The van der Waals surface area contributed by atoms with Gasteiger partial charge in [0.05, 0.1) is 6.10 Å². The molecule has 1 aromatic heterocycles. The van der Waals surface area contributed by atoms with Crippen molar-refractivity contribution in [2.75, 3.05) is 0 Å². The highest BCUT2D eigenvalue weighted by Gasteiger charge is 2.03. The van der Waals surface area contributed by atoms with Gasteiger partial charge in [0, 0.05) is 6.42 Å². The predicted octanol–water partition coefficient (Wildman–Crippen LogP) is 0.412. The van der Waals surface area contributed by atoms with Crippen molar-refractivity contribution in [3.63, 3.8) is 0 Å². The van der Waals surface area contributed by atoms with Crippen LogP contribution in [0.25, 0.3) is 0 Å². The lowest BCUT2D eigenvalue weighted by Gasteiger charge is -2.03. The van der Waals surface area contributed by atoms with Gasteiger partial charge in [-0.25, -0.2) is 15.0 Å². The lowest BCUT2D eigenvalue weighted by molar-refractivity contribution is 0.192. The second kappa shape index (κ2) is 3.58. The van der Waals surface area contributed by atoms with Gasteiger partial charge in [-0.15, -0.1) is 0 Å². The number of aliphatic hydroxyl groups is 1. The molecular formula is C8H13N3O. The summed E-state index contributed by atoms with van der Waals surface area (Å²) in [6.07, 6.45) is 0.0932. The summed E-state index contributed by atoms with van der Waals surface area (Å²) >= 11 is 0. The van der Waals surface area contributed by atoms with Gasteiger partial charge >= 0.3 is 0 Å². The first-order valence-electron chi connectivity index (χ1n) is 3.94. The van der Waals surface area contributed by atoms with E-state index in [2.05, 4.69) is 15.0 Å². The quantitative estimate of drug-likeness (QED) is 0.693. The topological polar surface area (TPSA) is 58.9 Å². The van der Waals surface area contributed by atoms with Crippen molar-refractivity contribution in [2.24, 2.45) is 0 Å². The smallest absolute Gasteiger partial charge is 0.135 e. The minimum absolute atomic E-state index is 0.397. The van der Waals surface area contributed by atoms with Crippen LogP contribution in [-0.4, -0.2) is 26.2 Å². The maximum absolute atomic E-state index is 9.09. The van der Waals surface area contributed by atoms with Crippen molar-refractivity contribution in [2.45, 2.75) is 33.3 Å². The first kappa shape index (κ1) is 9.06. The van der Waals surface area contributed by atoms with E-state index in [4.69, 9.17) is 5.11 Å². The molecule has 0 amide bonds. The maximum atomic E-state index is 9.09. The molecule has 1 unspecified atom stereocenters. The monoisotopic (exact) mass is 167 g/mol. The van der Waals surface area contributed by atoms with Crippen molar-refractivity contribution in [1.82, 2.24) is 15.0 Å². The lowest BCUT2D eigenvalue weighted by atomic mass is 10.3. The first-order valence-corrected chi connectivity index (χ1v) is 3.94. The number of aromatic nitrogens is 3. The third-order valence-electron chi connectivity index (χ3n) is 1.38. The molecule has 0 saturated carbocycles. The molecule has 66 valence electrons. The molecule has 0 aromatic carbocycles. The van der Waals surface area contributed by atoms with E-state index in [-0.39, 0.29) is 0 Å². The predicted molar refractivity (Wildman–Crippen MR) is 44.7 cm³/mol. The summed E-state index contributed by atoms with van der Waals surface area (Å²) < 4.78 is 0. The fourth-order valence-corrected chi connectivity index (χ4v) is 1.04. The summed E-state index contributed by atoms with van der Waals surface area (Å²) in [4.78, 5) is 12.2. The third kappa shape index (κ3) is 2.54. The van der Waals surface area contributed by atoms with Crippen LogP contribution in [0.5, 0.6) is 0 Å². The summed E-state index contributed by atoms with van der Waals surface area (Å²) in [7, 11) is 0. The average Bonchev–Trinajstić information content (AvgIpc) is 1.81. The van der Waals surface area contributed by atoms with Crippen LogP contribution in [0.15, 0.2) is 0 Å². The van der Waals surface area contributed by atoms with Crippen LogP contribution in [-0.2, 0) is 6.42 Å². The Morgan fingerprint density at radius 2 is 1.67 bits per heavy atom. The second-order valence-electron chi connectivity index (χ2n) is 2.90. The molecule has 0 aliphatic carbocycles. The van der Waals surface area contributed by atoms with Crippen molar-refractivity contribution in [3.8, 4) is 0 Å². The highest BCUT2D eigenvalue weighted by Crippen LogP contribution is 1.97. The number of aliphatic hydroxyl groups excluding tert-OH is 1. The molecule has 1 rings (SSSR count). The highest BCUT2D eigenvalue weighted by atomic mass is 16.3. The molecule has 0 aliphatic heterocycles. The zero-order chi connectivity index (χ0) is 9.14. The molecule has 0 aliphatic rings. The molecular weight excluding hydrogens is 154 g/mol. The van der Waals surface area contributed by atoms with Crippen LogP contribution in [0, 0.1) is 13.8 Å². The molecule has 1 N–H and O–H groups in total. The van der Waals surface area contributed by atoms with E-state index >= 15 is 0 Å². The number of nitrogens with zero attached hydrogens (tertiary/aromatic N) is 3. The van der Waals surface area contributed by atoms with Gasteiger partial charge in [-0.05, 0) is 20.8 Å². The van der Waals surface area contributed by atoms with E-state index in [1.165, 1.54) is 0 Å². The Morgan fingerprint density at radius 1 is 1.17 bits per heavy atom. The SMILES string of the molecule is Cc1nc(C)nc(CC(C)O)n1.